The van der Waals surface area contributed by atoms with Crippen molar-refractivity contribution in [2.45, 2.75) is 13.0 Å². The fourth-order valence-corrected chi connectivity index (χ4v) is 4.90. The summed E-state index contributed by atoms with van der Waals surface area (Å²) < 4.78 is 3.17. The Balaban J connectivity index is 0.000000214. The summed E-state index contributed by atoms with van der Waals surface area (Å²) in [5, 5.41) is 14.6. The lowest BCUT2D eigenvalue weighted by Gasteiger charge is -2.15. The topological polar surface area (TPSA) is 116 Å². The molecule has 0 aliphatic heterocycles. The van der Waals surface area contributed by atoms with Crippen LogP contribution >= 0.6 is 11.3 Å². The van der Waals surface area contributed by atoms with Crippen LogP contribution in [0.4, 0.5) is 5.82 Å². The number of carbonyl (C=O) groups excluding carboxylic acids is 1. The van der Waals surface area contributed by atoms with Crippen molar-refractivity contribution >= 4 is 39.3 Å². The number of carbonyl (C=O) groups is 1. The van der Waals surface area contributed by atoms with Crippen molar-refractivity contribution in [1.29, 1.82) is 0 Å². The monoisotopic (exact) mass is 534 g/mol. The maximum absolute atomic E-state index is 10.5. The van der Waals surface area contributed by atoms with E-state index in [1.54, 1.807) is 40.5 Å². The molecule has 0 amide bonds. The molecule has 194 valence electrons. The number of anilines is 1. The molecule has 9 nitrogen and oxygen atoms in total. The third kappa shape index (κ3) is 5.40. The molecule has 6 rings (SSSR count). The minimum Gasteiger partial charge on any atom is -0.382 e. The normalized spacial score (nSPS) is 11.5. The molecule has 1 aromatic carbocycles. The Bertz CT molecular complexity index is 1820. The summed E-state index contributed by atoms with van der Waals surface area (Å²) in [6, 6.07) is 16.3. The van der Waals surface area contributed by atoms with Gasteiger partial charge >= 0.3 is 0 Å². The Hall–Kier alpha value is -4.85. The highest BCUT2D eigenvalue weighted by molar-refractivity contribution is 7.17. The third-order valence-corrected chi connectivity index (χ3v) is 7.03. The summed E-state index contributed by atoms with van der Waals surface area (Å²) in [4.78, 5) is 20.4. The maximum Gasteiger partial charge on any atom is 0.172 e. The van der Waals surface area contributed by atoms with Gasteiger partial charge in [-0.25, -0.2) is 14.5 Å². The molecule has 0 bridgehead atoms. The molecule has 3 N–H and O–H groups in total. The van der Waals surface area contributed by atoms with Gasteiger partial charge in [-0.1, -0.05) is 42.2 Å². The lowest BCUT2D eigenvalue weighted by Crippen LogP contribution is -2.15. The van der Waals surface area contributed by atoms with Crippen LogP contribution in [-0.4, -0.2) is 42.7 Å². The second kappa shape index (κ2) is 11.3. The van der Waals surface area contributed by atoms with E-state index in [-0.39, 0.29) is 11.9 Å². The SMILES string of the molecule is CNC(C)c1nc2scc(C#Cc3cnn(C)c3)c2cc1-c1ccccc1.Nc1nc2cccnn2c1C=O. The molecule has 1 atom stereocenters. The highest BCUT2D eigenvalue weighted by atomic mass is 32.1. The summed E-state index contributed by atoms with van der Waals surface area (Å²) in [5.41, 5.74) is 11.6. The Kier molecular flexibility index (Phi) is 7.45. The quantitative estimate of drug-likeness (QED) is 0.253. The largest absolute Gasteiger partial charge is 0.382 e. The van der Waals surface area contributed by atoms with Gasteiger partial charge in [0, 0.05) is 47.4 Å². The molecule has 10 heteroatoms. The van der Waals surface area contributed by atoms with Gasteiger partial charge in [0.05, 0.1) is 17.5 Å². The number of fused-ring (bicyclic) bond motifs is 2. The average molecular weight is 535 g/mol. The zero-order valence-electron chi connectivity index (χ0n) is 21.7. The number of benzene rings is 1. The van der Waals surface area contributed by atoms with Crippen LogP contribution in [0, 0.1) is 11.8 Å². The van der Waals surface area contributed by atoms with Crippen molar-refractivity contribution in [1.82, 2.24) is 34.7 Å². The average Bonchev–Trinajstić information content (AvgIpc) is 3.66. The van der Waals surface area contributed by atoms with Crippen LogP contribution in [0.25, 0.3) is 27.0 Å². The highest BCUT2D eigenvalue weighted by Gasteiger charge is 2.16. The molecule has 0 saturated heterocycles. The molecule has 5 heterocycles. The van der Waals surface area contributed by atoms with E-state index in [1.807, 2.05) is 26.4 Å². The summed E-state index contributed by atoms with van der Waals surface area (Å²) in [5.74, 6) is 6.70. The van der Waals surface area contributed by atoms with Gasteiger partial charge in [-0.2, -0.15) is 10.2 Å². The first-order chi connectivity index (χ1) is 19.0. The Labute approximate surface area is 229 Å². The molecule has 0 spiro atoms. The van der Waals surface area contributed by atoms with Crippen LogP contribution in [0.2, 0.25) is 0 Å². The van der Waals surface area contributed by atoms with Crippen LogP contribution in [0.15, 0.2) is 72.5 Å². The third-order valence-electron chi connectivity index (χ3n) is 6.14. The van der Waals surface area contributed by atoms with E-state index in [0.717, 1.165) is 32.6 Å². The van der Waals surface area contributed by atoms with E-state index in [1.165, 1.54) is 10.1 Å². The van der Waals surface area contributed by atoms with Gasteiger partial charge in [0.25, 0.3) is 0 Å². The first kappa shape index (κ1) is 25.8. The van der Waals surface area contributed by atoms with Gasteiger partial charge in [0.2, 0.25) is 0 Å². The number of imidazole rings is 1. The number of hydrogen-bond acceptors (Lipinski definition) is 8. The van der Waals surface area contributed by atoms with Gasteiger partial charge < -0.3 is 11.1 Å². The van der Waals surface area contributed by atoms with E-state index < -0.39 is 0 Å². The molecular weight excluding hydrogens is 508 g/mol. The zero-order chi connectivity index (χ0) is 27.4. The molecule has 1 unspecified atom stereocenters. The lowest BCUT2D eigenvalue weighted by molar-refractivity contribution is 0.111. The standard InChI is InChI=1S/C22H20N4S.C7H6N4O/c1-15(23-2)21-19(17-7-5-4-6-8-17)11-20-18(14-27-22(20)25-21)10-9-16-12-24-26(3)13-16;8-7-5(4-12)11-6(10-7)2-1-3-9-11/h4-8,11-15,23H,1-3H3;1-4H,8H2. The smallest absolute Gasteiger partial charge is 0.172 e. The van der Waals surface area contributed by atoms with E-state index in [9.17, 15) is 4.79 Å². The molecule has 5 aromatic heterocycles. The summed E-state index contributed by atoms with van der Waals surface area (Å²) in [6.07, 6.45) is 5.91. The number of hydrogen-bond donors (Lipinski definition) is 2. The van der Waals surface area contributed by atoms with E-state index in [4.69, 9.17) is 10.7 Å². The van der Waals surface area contributed by atoms with Crippen molar-refractivity contribution in [3.63, 3.8) is 0 Å². The second-order valence-corrected chi connectivity index (χ2v) is 9.60. The number of aromatic nitrogens is 6. The van der Waals surface area contributed by atoms with Crippen molar-refractivity contribution in [2.24, 2.45) is 7.05 Å². The van der Waals surface area contributed by atoms with Crippen LogP contribution in [0.5, 0.6) is 0 Å². The van der Waals surface area contributed by atoms with Crippen LogP contribution < -0.4 is 11.1 Å². The van der Waals surface area contributed by atoms with Gasteiger partial charge in [-0.15, -0.1) is 11.3 Å². The molecule has 0 saturated carbocycles. The van der Waals surface area contributed by atoms with Crippen LogP contribution in [-0.2, 0) is 7.05 Å². The molecule has 0 radical (unpaired) electrons. The van der Waals surface area contributed by atoms with Crippen molar-refractivity contribution in [3.8, 4) is 23.0 Å². The fourth-order valence-electron chi connectivity index (χ4n) is 4.04. The van der Waals surface area contributed by atoms with Gasteiger partial charge in [-0.05, 0) is 37.7 Å². The van der Waals surface area contributed by atoms with Crippen LogP contribution in [0.3, 0.4) is 0 Å². The molecular formula is C29H26N8OS. The first-order valence-electron chi connectivity index (χ1n) is 12.2. The number of rotatable bonds is 4. The molecule has 6 aromatic rings. The van der Waals surface area contributed by atoms with Gasteiger partial charge in [0.15, 0.2) is 17.8 Å². The van der Waals surface area contributed by atoms with Crippen molar-refractivity contribution < 1.29 is 4.79 Å². The van der Waals surface area contributed by atoms with Crippen LogP contribution in [0.1, 0.15) is 40.3 Å². The highest BCUT2D eigenvalue weighted by Crippen LogP contribution is 2.33. The zero-order valence-corrected chi connectivity index (χ0v) is 22.5. The number of nitrogen functional groups attached to an aromatic ring is 1. The minimum absolute atomic E-state index is 0.164. The van der Waals surface area contributed by atoms with Gasteiger partial charge in [-0.3, -0.25) is 9.48 Å². The Morgan fingerprint density at radius 3 is 2.64 bits per heavy atom. The van der Waals surface area contributed by atoms with Gasteiger partial charge in [0.1, 0.15) is 10.5 Å². The number of pyridine rings is 1. The number of nitrogens with two attached hydrogens (primary N) is 1. The van der Waals surface area contributed by atoms with E-state index in [0.29, 0.717) is 17.6 Å². The molecule has 0 fully saturated rings. The molecule has 39 heavy (non-hydrogen) atoms. The summed E-state index contributed by atoms with van der Waals surface area (Å²) >= 11 is 1.64. The Morgan fingerprint density at radius 1 is 1.10 bits per heavy atom. The number of thiophene rings is 1. The number of nitrogens with zero attached hydrogens (tertiary/aromatic N) is 6. The maximum atomic E-state index is 10.5. The first-order valence-corrected chi connectivity index (χ1v) is 13.1. The van der Waals surface area contributed by atoms with E-state index >= 15 is 0 Å². The lowest BCUT2D eigenvalue weighted by atomic mass is 9.99. The predicted octanol–water partition coefficient (Wildman–Crippen LogP) is 4.50. The van der Waals surface area contributed by atoms with Crippen molar-refractivity contribution in [2.75, 3.05) is 12.8 Å². The molecule has 0 aliphatic rings. The molecule has 0 aliphatic carbocycles. The second-order valence-electron chi connectivity index (χ2n) is 8.75. The number of nitrogens with one attached hydrogen (secondary N) is 1. The van der Waals surface area contributed by atoms with E-state index in [2.05, 4.69) is 75.0 Å². The Morgan fingerprint density at radius 2 is 1.92 bits per heavy atom. The predicted molar refractivity (Wildman–Crippen MR) is 155 cm³/mol. The fraction of sp³-hybridized carbons (Fsp3) is 0.138. The number of aldehydes is 1. The number of aryl methyl sites for hydroxylation is 1. The van der Waals surface area contributed by atoms with Crippen molar-refractivity contribution in [3.05, 3.63) is 95.0 Å². The summed E-state index contributed by atoms with van der Waals surface area (Å²) in [6.45, 7) is 2.14. The summed E-state index contributed by atoms with van der Waals surface area (Å²) in [7, 11) is 3.86. The minimum atomic E-state index is 0.164.